The molecule has 4 unspecified atom stereocenters. The molecule has 3 heteroatoms. The van der Waals surface area contributed by atoms with Gasteiger partial charge in [-0.25, -0.2) is 0 Å². The van der Waals surface area contributed by atoms with E-state index in [9.17, 15) is 0 Å². The van der Waals surface area contributed by atoms with Crippen molar-refractivity contribution in [2.75, 3.05) is 27.3 Å². The lowest BCUT2D eigenvalue weighted by atomic mass is 9.79. The maximum Gasteiger partial charge on any atom is 0.0589 e. The number of rotatable bonds is 9. The molecule has 2 aliphatic rings. The van der Waals surface area contributed by atoms with Gasteiger partial charge in [0.1, 0.15) is 0 Å². The molecule has 2 aliphatic carbocycles. The summed E-state index contributed by atoms with van der Waals surface area (Å²) < 4.78 is 5.39. The fourth-order valence-corrected chi connectivity index (χ4v) is 4.32. The van der Waals surface area contributed by atoms with Crippen molar-refractivity contribution in [3.05, 3.63) is 0 Å². The molecule has 0 spiro atoms. The summed E-state index contributed by atoms with van der Waals surface area (Å²) in [6, 6.07) is 2.09. The Kier molecular flexibility index (Phi) is 6.97. The average molecular weight is 296 g/mol. The van der Waals surface area contributed by atoms with E-state index in [1.807, 2.05) is 7.11 Å². The summed E-state index contributed by atoms with van der Waals surface area (Å²) in [5.41, 5.74) is 0. The third-order valence-electron chi connectivity index (χ3n) is 5.80. The molecule has 3 nitrogen and oxygen atoms in total. The van der Waals surface area contributed by atoms with Gasteiger partial charge in [0.05, 0.1) is 6.61 Å². The normalized spacial score (nSPS) is 31.6. The summed E-state index contributed by atoms with van der Waals surface area (Å²) >= 11 is 0. The van der Waals surface area contributed by atoms with E-state index in [-0.39, 0.29) is 0 Å². The molecule has 0 aromatic heterocycles. The fraction of sp³-hybridized carbons (Fsp3) is 1.00. The minimum atomic E-state index is 0.663. The van der Waals surface area contributed by atoms with E-state index < -0.39 is 0 Å². The van der Waals surface area contributed by atoms with Crippen LogP contribution in [0.1, 0.15) is 58.8 Å². The second kappa shape index (κ2) is 8.50. The molecule has 2 saturated carbocycles. The number of nitrogens with one attached hydrogen (secondary N) is 1. The first-order valence-electron chi connectivity index (χ1n) is 9.13. The number of likely N-dealkylation sites (N-methyl/N-ethyl adjacent to an activating group) is 1. The monoisotopic (exact) mass is 296 g/mol. The molecule has 0 aromatic carbocycles. The second-order valence-electron chi connectivity index (χ2n) is 7.24. The topological polar surface area (TPSA) is 24.5 Å². The number of ether oxygens (including phenoxy) is 1. The van der Waals surface area contributed by atoms with Crippen LogP contribution in [0.3, 0.4) is 0 Å². The van der Waals surface area contributed by atoms with Crippen molar-refractivity contribution in [3.63, 3.8) is 0 Å². The van der Waals surface area contributed by atoms with Crippen molar-refractivity contribution in [1.29, 1.82) is 0 Å². The van der Waals surface area contributed by atoms with Gasteiger partial charge in [-0.3, -0.25) is 4.90 Å². The SMILES string of the molecule is CCCC1CCC(NC)C(N(CCOC)C(C)C2CC2)C1. The van der Waals surface area contributed by atoms with Crippen molar-refractivity contribution in [1.82, 2.24) is 10.2 Å². The Morgan fingerprint density at radius 3 is 2.57 bits per heavy atom. The van der Waals surface area contributed by atoms with Crippen molar-refractivity contribution in [3.8, 4) is 0 Å². The summed E-state index contributed by atoms with van der Waals surface area (Å²) in [6.45, 7) is 6.73. The van der Waals surface area contributed by atoms with Crippen LogP contribution >= 0.6 is 0 Å². The Hall–Kier alpha value is -0.120. The van der Waals surface area contributed by atoms with Crippen LogP contribution in [0.2, 0.25) is 0 Å². The van der Waals surface area contributed by atoms with Crippen LogP contribution in [0.25, 0.3) is 0 Å². The highest BCUT2D eigenvalue weighted by Crippen LogP contribution is 2.39. The van der Waals surface area contributed by atoms with Gasteiger partial charge in [0.2, 0.25) is 0 Å². The summed E-state index contributed by atoms with van der Waals surface area (Å²) in [5, 5.41) is 3.61. The Labute approximate surface area is 131 Å². The van der Waals surface area contributed by atoms with E-state index in [1.165, 1.54) is 44.9 Å². The maximum atomic E-state index is 5.39. The molecule has 2 rings (SSSR count). The molecule has 2 fully saturated rings. The number of hydrogen-bond donors (Lipinski definition) is 1. The molecule has 0 aromatic rings. The van der Waals surface area contributed by atoms with Crippen molar-refractivity contribution >= 4 is 0 Å². The molecule has 0 aliphatic heterocycles. The standard InChI is InChI=1S/C18H36N2O/c1-5-6-15-7-10-17(19-3)18(13-15)20(11-12-21-4)14(2)16-8-9-16/h14-19H,5-13H2,1-4H3. The largest absolute Gasteiger partial charge is 0.383 e. The molecule has 4 atom stereocenters. The van der Waals surface area contributed by atoms with Crippen LogP contribution < -0.4 is 5.32 Å². The van der Waals surface area contributed by atoms with Gasteiger partial charge in [0, 0.05) is 31.8 Å². The smallest absolute Gasteiger partial charge is 0.0589 e. The van der Waals surface area contributed by atoms with Crippen LogP contribution in [0.5, 0.6) is 0 Å². The minimum Gasteiger partial charge on any atom is -0.383 e. The summed E-state index contributed by atoms with van der Waals surface area (Å²) in [4.78, 5) is 2.78. The summed E-state index contributed by atoms with van der Waals surface area (Å²) in [5.74, 6) is 1.87. The first-order chi connectivity index (χ1) is 10.2. The van der Waals surface area contributed by atoms with Gasteiger partial charge in [0.25, 0.3) is 0 Å². The predicted octanol–water partition coefficient (Wildman–Crippen LogP) is 3.29. The highest BCUT2D eigenvalue weighted by atomic mass is 16.5. The molecule has 0 bridgehead atoms. The van der Waals surface area contributed by atoms with Gasteiger partial charge in [-0.15, -0.1) is 0 Å². The highest BCUT2D eigenvalue weighted by Gasteiger charge is 2.39. The summed E-state index contributed by atoms with van der Waals surface area (Å²) in [7, 11) is 3.98. The molecule has 0 radical (unpaired) electrons. The van der Waals surface area contributed by atoms with Crippen LogP contribution in [0.4, 0.5) is 0 Å². The third kappa shape index (κ3) is 4.67. The third-order valence-corrected chi connectivity index (χ3v) is 5.80. The van der Waals surface area contributed by atoms with Crippen molar-refractivity contribution in [2.24, 2.45) is 11.8 Å². The number of methoxy groups -OCH3 is 1. The molecule has 0 saturated heterocycles. The van der Waals surface area contributed by atoms with E-state index in [4.69, 9.17) is 4.74 Å². The Morgan fingerprint density at radius 1 is 1.24 bits per heavy atom. The van der Waals surface area contributed by atoms with Crippen LogP contribution in [0.15, 0.2) is 0 Å². The summed E-state index contributed by atoms with van der Waals surface area (Å²) in [6.07, 6.45) is 9.72. The van der Waals surface area contributed by atoms with Gasteiger partial charge >= 0.3 is 0 Å². The lowest BCUT2D eigenvalue weighted by Gasteiger charge is -2.45. The van der Waals surface area contributed by atoms with Crippen molar-refractivity contribution in [2.45, 2.75) is 76.9 Å². The van der Waals surface area contributed by atoms with Gasteiger partial charge in [-0.05, 0) is 57.9 Å². The zero-order chi connectivity index (χ0) is 15.2. The van der Waals surface area contributed by atoms with Crippen LogP contribution in [0, 0.1) is 11.8 Å². The van der Waals surface area contributed by atoms with Crippen molar-refractivity contribution < 1.29 is 4.74 Å². The molecule has 1 N–H and O–H groups in total. The van der Waals surface area contributed by atoms with E-state index in [0.29, 0.717) is 12.1 Å². The molecule has 124 valence electrons. The Bertz CT molecular complexity index is 293. The van der Waals surface area contributed by atoms with Gasteiger partial charge < -0.3 is 10.1 Å². The lowest BCUT2D eigenvalue weighted by molar-refractivity contribution is 0.0352. The first kappa shape index (κ1) is 17.2. The average Bonchev–Trinajstić information content (AvgIpc) is 3.33. The van der Waals surface area contributed by atoms with Gasteiger partial charge in [-0.2, -0.15) is 0 Å². The van der Waals surface area contributed by atoms with E-state index in [1.54, 1.807) is 0 Å². The van der Waals surface area contributed by atoms with Gasteiger partial charge in [0.15, 0.2) is 0 Å². The van der Waals surface area contributed by atoms with Crippen LogP contribution in [-0.4, -0.2) is 50.3 Å². The molecule has 21 heavy (non-hydrogen) atoms. The zero-order valence-electron chi connectivity index (χ0n) is 14.6. The zero-order valence-corrected chi connectivity index (χ0v) is 14.6. The van der Waals surface area contributed by atoms with Gasteiger partial charge in [-0.1, -0.05) is 19.8 Å². The highest BCUT2D eigenvalue weighted by molar-refractivity contribution is 4.95. The second-order valence-corrected chi connectivity index (χ2v) is 7.24. The number of hydrogen-bond acceptors (Lipinski definition) is 3. The Balaban J connectivity index is 2.04. The molecular weight excluding hydrogens is 260 g/mol. The fourth-order valence-electron chi connectivity index (χ4n) is 4.32. The molecular formula is C18H36N2O. The predicted molar refractivity (Wildman–Crippen MR) is 89.7 cm³/mol. The molecule has 0 heterocycles. The maximum absolute atomic E-state index is 5.39. The Morgan fingerprint density at radius 2 is 2.00 bits per heavy atom. The molecule has 0 amide bonds. The van der Waals surface area contributed by atoms with E-state index in [0.717, 1.165) is 31.0 Å². The first-order valence-corrected chi connectivity index (χ1v) is 9.13. The van der Waals surface area contributed by atoms with E-state index >= 15 is 0 Å². The lowest BCUT2D eigenvalue weighted by Crippen LogP contribution is -2.56. The van der Waals surface area contributed by atoms with Crippen LogP contribution in [-0.2, 0) is 4.74 Å². The minimum absolute atomic E-state index is 0.663. The number of nitrogens with zero attached hydrogens (tertiary/aromatic N) is 1. The van der Waals surface area contributed by atoms with E-state index in [2.05, 4.69) is 31.1 Å². The quantitative estimate of drug-likeness (QED) is 0.706.